The maximum Gasteiger partial charge on any atom is 0.343 e. The monoisotopic (exact) mass is 659 g/mol. The number of aliphatic hydroxyl groups is 2. The number of carbonyl (C=O) groups excluding carboxylic acids is 2. The molecule has 7 atom stereocenters. The molecule has 0 radical (unpaired) electrons. The summed E-state index contributed by atoms with van der Waals surface area (Å²) < 4.78 is 7.11. The van der Waals surface area contributed by atoms with E-state index in [1.165, 1.54) is 6.08 Å². The van der Waals surface area contributed by atoms with Gasteiger partial charge in [0, 0.05) is 36.7 Å². The van der Waals surface area contributed by atoms with E-state index < -0.39 is 34.5 Å². The number of aromatic amines is 1. The summed E-state index contributed by atoms with van der Waals surface area (Å²) >= 11 is 0. The Bertz CT molecular complexity index is 1900. The molecule has 2 fully saturated rings. The lowest BCUT2D eigenvalue weighted by molar-refractivity contribution is -0.149. The maximum atomic E-state index is 13.0. The Hall–Kier alpha value is -4.73. The standard InChI is InChI=1S/C33H41N9O6/c1-16-20(7-6-18-12-19(48-29(18)47)13-24-38-25-26(42(24)5)39-30(34)40-28(25)46)32(3)9-8-23(44)33(4,15-43)22(32)14-21(16)37-17(2)27(45)41-31-35-10-11-36-31/h6-7,10,12-13,17,20-23,37,43-44H,1,8-9,11,14-15H2,2-5H3,(H,36,41,45)(H3,34,39,40,46)/b7-6+,19-13+/t17?,20?,21?,22?,23-,32-,33+/m1/s1. The highest BCUT2D eigenvalue weighted by Crippen LogP contribution is 2.61. The number of aliphatic imine (C=N–C) groups is 2. The number of nitrogens with zero attached hydrogens (tertiary/aromatic N) is 5. The summed E-state index contributed by atoms with van der Waals surface area (Å²) in [7, 11) is 1.67. The van der Waals surface area contributed by atoms with Gasteiger partial charge in [0.2, 0.25) is 17.8 Å². The molecule has 4 heterocycles. The molecule has 15 nitrogen and oxygen atoms in total. The highest BCUT2D eigenvalue weighted by Gasteiger charge is 2.59. The van der Waals surface area contributed by atoms with Crippen LogP contribution in [-0.4, -0.2) is 85.1 Å². The Labute approximate surface area is 276 Å². The van der Waals surface area contributed by atoms with Crippen LogP contribution in [0, 0.1) is 22.7 Å². The van der Waals surface area contributed by atoms with Crippen molar-refractivity contribution >= 4 is 47.2 Å². The average Bonchev–Trinajstić information content (AvgIpc) is 3.76. The van der Waals surface area contributed by atoms with E-state index in [2.05, 4.69) is 49.1 Å². The Morgan fingerprint density at radius 2 is 2.10 bits per heavy atom. The molecule has 48 heavy (non-hydrogen) atoms. The van der Waals surface area contributed by atoms with Gasteiger partial charge in [0.15, 0.2) is 11.2 Å². The molecule has 7 N–H and O–H groups in total. The SMILES string of the molecule is C=C1C(NC(C)C(=O)NC2=NCC=N2)CC2[C@](C)(CC[C@@H](O)[C@@]2(C)CO)C1/C=C/C1=CC(=C\c2nc3c(=O)[nH]c(N)nc3n2C)/OC1=O. The number of fused-ring (bicyclic) bond motifs is 2. The van der Waals surface area contributed by atoms with E-state index in [1.807, 2.05) is 13.0 Å². The third-order valence-electron chi connectivity index (χ3n) is 10.6. The number of imidazole rings is 1. The largest absolute Gasteiger partial charge is 0.423 e. The van der Waals surface area contributed by atoms with Gasteiger partial charge in [0.25, 0.3) is 5.56 Å². The van der Waals surface area contributed by atoms with Gasteiger partial charge in [0.1, 0.15) is 11.6 Å². The molecule has 0 saturated heterocycles. The Morgan fingerprint density at radius 3 is 2.81 bits per heavy atom. The molecule has 4 unspecified atom stereocenters. The van der Waals surface area contributed by atoms with Gasteiger partial charge >= 0.3 is 5.97 Å². The zero-order chi connectivity index (χ0) is 34.5. The number of cyclic esters (lactones) is 1. The van der Waals surface area contributed by atoms with Crippen molar-refractivity contribution in [1.82, 2.24) is 30.2 Å². The fraction of sp³-hybridized carbons (Fsp3) is 0.485. The van der Waals surface area contributed by atoms with Crippen LogP contribution in [0.25, 0.3) is 17.2 Å². The molecule has 2 aromatic heterocycles. The number of allylic oxidation sites excluding steroid dienone is 2. The van der Waals surface area contributed by atoms with Crippen LogP contribution in [0.2, 0.25) is 0 Å². The summed E-state index contributed by atoms with van der Waals surface area (Å²) in [6.07, 6.45) is 9.39. The number of guanidine groups is 1. The van der Waals surface area contributed by atoms with Crippen molar-refractivity contribution in [3.63, 3.8) is 0 Å². The molecule has 2 aliphatic heterocycles. The zero-order valence-electron chi connectivity index (χ0n) is 27.4. The second-order valence-electron chi connectivity index (χ2n) is 13.5. The van der Waals surface area contributed by atoms with Gasteiger partial charge in [-0.2, -0.15) is 4.98 Å². The average molecular weight is 660 g/mol. The van der Waals surface area contributed by atoms with Crippen LogP contribution in [0.4, 0.5) is 5.95 Å². The van der Waals surface area contributed by atoms with Crippen LogP contribution in [-0.2, 0) is 21.4 Å². The first-order valence-corrected chi connectivity index (χ1v) is 15.9. The lowest BCUT2D eigenvalue weighted by Gasteiger charge is -2.61. The second kappa shape index (κ2) is 12.4. The van der Waals surface area contributed by atoms with Crippen molar-refractivity contribution < 1.29 is 24.5 Å². The van der Waals surface area contributed by atoms with Crippen LogP contribution in [0.1, 0.15) is 45.9 Å². The molecule has 0 bridgehead atoms. The molecule has 6 rings (SSSR count). The first-order chi connectivity index (χ1) is 22.7. The van der Waals surface area contributed by atoms with E-state index in [1.54, 1.807) is 36.9 Å². The van der Waals surface area contributed by atoms with E-state index in [-0.39, 0.29) is 53.6 Å². The van der Waals surface area contributed by atoms with Gasteiger partial charge in [-0.15, -0.1) is 0 Å². The molecular formula is C33H41N9O6. The molecule has 2 aliphatic carbocycles. The summed E-state index contributed by atoms with van der Waals surface area (Å²) in [6.45, 7) is 10.5. The lowest BCUT2D eigenvalue weighted by Crippen LogP contribution is -2.62. The van der Waals surface area contributed by atoms with E-state index >= 15 is 0 Å². The molecule has 0 aromatic carbocycles. The maximum absolute atomic E-state index is 13.0. The third-order valence-corrected chi connectivity index (χ3v) is 10.6. The van der Waals surface area contributed by atoms with E-state index in [9.17, 15) is 24.6 Å². The third kappa shape index (κ3) is 5.71. The van der Waals surface area contributed by atoms with Crippen molar-refractivity contribution in [3.8, 4) is 0 Å². The fourth-order valence-electron chi connectivity index (χ4n) is 7.73. The number of nitrogens with one attached hydrogen (secondary N) is 3. The molecule has 2 aromatic rings. The number of nitrogen functional groups attached to an aromatic ring is 1. The predicted molar refractivity (Wildman–Crippen MR) is 179 cm³/mol. The van der Waals surface area contributed by atoms with Crippen LogP contribution in [0.5, 0.6) is 0 Å². The molecule has 15 heteroatoms. The summed E-state index contributed by atoms with van der Waals surface area (Å²) in [5.74, 6) is -0.479. The minimum absolute atomic E-state index is 0.0368. The molecule has 1 amide bonds. The van der Waals surface area contributed by atoms with E-state index in [0.29, 0.717) is 42.9 Å². The number of ether oxygens (including phenoxy) is 1. The molecule has 254 valence electrons. The van der Waals surface area contributed by atoms with Crippen molar-refractivity contribution in [2.45, 2.75) is 58.2 Å². The van der Waals surface area contributed by atoms with Crippen LogP contribution in [0.15, 0.2) is 56.5 Å². The number of hydrogen-bond donors (Lipinski definition) is 6. The first-order valence-electron chi connectivity index (χ1n) is 15.9. The number of nitrogens with two attached hydrogens (primary N) is 1. The predicted octanol–water partition coefficient (Wildman–Crippen LogP) is 0.874. The first kappa shape index (κ1) is 33.2. The summed E-state index contributed by atoms with van der Waals surface area (Å²) in [5, 5.41) is 27.9. The topological polar surface area (TPSA) is 222 Å². The van der Waals surface area contributed by atoms with Crippen LogP contribution < -0.4 is 21.9 Å². The number of hydrogen-bond acceptors (Lipinski definition) is 12. The van der Waals surface area contributed by atoms with E-state index in [4.69, 9.17) is 10.5 Å². The number of anilines is 1. The minimum Gasteiger partial charge on any atom is -0.423 e. The summed E-state index contributed by atoms with van der Waals surface area (Å²) in [5.41, 5.74) is 5.52. The number of H-pyrrole nitrogens is 1. The van der Waals surface area contributed by atoms with Crippen molar-refractivity contribution in [2.75, 3.05) is 18.9 Å². The summed E-state index contributed by atoms with van der Waals surface area (Å²) in [4.78, 5) is 57.4. The number of aryl methyl sites for hydroxylation is 1. The quantitative estimate of drug-likeness (QED) is 0.182. The Morgan fingerprint density at radius 1 is 1.33 bits per heavy atom. The molecular weight excluding hydrogens is 618 g/mol. The van der Waals surface area contributed by atoms with Crippen molar-refractivity contribution in [2.24, 2.45) is 39.7 Å². The molecule has 4 aliphatic rings. The fourth-order valence-corrected chi connectivity index (χ4v) is 7.73. The summed E-state index contributed by atoms with van der Waals surface area (Å²) in [6, 6.07) is -0.967. The second-order valence-corrected chi connectivity index (χ2v) is 13.5. The number of carbonyl (C=O) groups is 2. The Kier molecular flexibility index (Phi) is 8.56. The number of rotatable bonds is 7. The normalized spacial score (nSPS) is 31.7. The van der Waals surface area contributed by atoms with Gasteiger partial charge in [-0.25, -0.2) is 19.8 Å². The van der Waals surface area contributed by atoms with Gasteiger partial charge in [-0.1, -0.05) is 38.2 Å². The van der Waals surface area contributed by atoms with Crippen LogP contribution >= 0.6 is 0 Å². The Balaban J connectivity index is 1.29. The minimum atomic E-state index is -0.799. The highest BCUT2D eigenvalue weighted by atomic mass is 16.5. The number of esters is 1. The van der Waals surface area contributed by atoms with Gasteiger partial charge < -0.3 is 25.3 Å². The number of amides is 1. The van der Waals surface area contributed by atoms with Gasteiger partial charge in [-0.05, 0) is 43.6 Å². The van der Waals surface area contributed by atoms with Gasteiger partial charge in [-0.3, -0.25) is 25.2 Å². The van der Waals surface area contributed by atoms with Crippen molar-refractivity contribution in [3.05, 3.63) is 57.9 Å². The van der Waals surface area contributed by atoms with Crippen molar-refractivity contribution in [1.29, 1.82) is 0 Å². The van der Waals surface area contributed by atoms with E-state index in [0.717, 1.165) is 5.57 Å². The zero-order valence-corrected chi connectivity index (χ0v) is 27.4. The highest BCUT2D eigenvalue weighted by molar-refractivity contribution is 6.04. The number of aromatic nitrogens is 4. The van der Waals surface area contributed by atoms with Gasteiger partial charge in [0.05, 0.1) is 30.9 Å². The van der Waals surface area contributed by atoms with Crippen LogP contribution in [0.3, 0.4) is 0 Å². The molecule has 2 saturated carbocycles. The smallest absolute Gasteiger partial charge is 0.343 e. The number of aliphatic hydroxyl groups excluding tert-OH is 2. The lowest BCUT2D eigenvalue weighted by atomic mass is 9.45. The molecule has 0 spiro atoms.